The molecule has 2 heterocycles. The second kappa shape index (κ2) is 15.7. The zero-order chi connectivity index (χ0) is 40.5. The highest BCUT2D eigenvalue weighted by molar-refractivity contribution is 7.85. The topological polar surface area (TPSA) is 180 Å². The van der Waals surface area contributed by atoms with Gasteiger partial charge in [0.25, 0.3) is 15.8 Å². The number of hydrogen-bond donors (Lipinski definition) is 4. The van der Waals surface area contributed by atoms with Crippen molar-refractivity contribution < 1.29 is 42.1 Å². The zero-order valence-corrected chi connectivity index (χ0v) is 32.6. The third-order valence-electron chi connectivity index (χ3n) is 10.8. The van der Waals surface area contributed by atoms with E-state index in [2.05, 4.69) is 41.6 Å². The highest BCUT2D eigenvalue weighted by atomic mass is 32.2. The van der Waals surface area contributed by atoms with Gasteiger partial charge >= 0.3 is 11.9 Å². The summed E-state index contributed by atoms with van der Waals surface area (Å²) in [6.45, 7) is 18.9. The van der Waals surface area contributed by atoms with Crippen LogP contribution in [-0.4, -0.2) is 70.2 Å². The minimum Gasteiger partial charge on any atom is -0.481 e. The van der Waals surface area contributed by atoms with Crippen LogP contribution in [-0.2, 0) is 35.3 Å². The Balaban J connectivity index is 1.64. The first kappa shape index (κ1) is 40.8. The molecule has 288 valence electrons. The first-order valence-corrected chi connectivity index (χ1v) is 19.8. The van der Waals surface area contributed by atoms with E-state index in [9.17, 15) is 27.4 Å². The Labute approximate surface area is 322 Å². The van der Waals surface area contributed by atoms with E-state index in [0.717, 1.165) is 22.5 Å². The molecular formula is C42H47N4O8S+. The largest absolute Gasteiger partial charge is 0.481 e. The van der Waals surface area contributed by atoms with E-state index in [1.807, 2.05) is 37.5 Å². The summed E-state index contributed by atoms with van der Waals surface area (Å²) < 4.78 is 36.1. The van der Waals surface area contributed by atoms with Gasteiger partial charge in [-0.2, -0.15) is 13.0 Å². The van der Waals surface area contributed by atoms with Crippen molar-refractivity contribution in [2.45, 2.75) is 102 Å². The summed E-state index contributed by atoms with van der Waals surface area (Å²) in [5, 5.41) is 26.3. The van der Waals surface area contributed by atoms with E-state index >= 15 is 0 Å². The highest BCUT2D eigenvalue weighted by Crippen LogP contribution is 2.50. The van der Waals surface area contributed by atoms with Gasteiger partial charge in [-0.15, -0.1) is 0 Å². The second-order valence-corrected chi connectivity index (χ2v) is 16.7. The molecule has 0 saturated heterocycles. The molecule has 0 saturated carbocycles. The smallest absolute Gasteiger partial charge is 0.303 e. The van der Waals surface area contributed by atoms with Crippen molar-refractivity contribution in [2.24, 2.45) is 0 Å². The number of anilines is 1. The number of carboxylic acid groups (broad SMARTS) is 2. The monoisotopic (exact) mass is 767 g/mol. The third kappa shape index (κ3) is 8.03. The lowest BCUT2D eigenvalue weighted by Crippen LogP contribution is -2.32. The minimum absolute atomic E-state index is 0.0281. The normalized spacial score (nSPS) is 18.3. The molecule has 0 spiro atoms. The average molecular weight is 768 g/mol. The van der Waals surface area contributed by atoms with Gasteiger partial charge in [0, 0.05) is 77.0 Å². The Morgan fingerprint density at radius 3 is 2.18 bits per heavy atom. The number of carboxylic acids is 2. The van der Waals surface area contributed by atoms with Gasteiger partial charge in [-0.05, 0) is 82.2 Å². The van der Waals surface area contributed by atoms with Gasteiger partial charge in [0.15, 0.2) is 11.5 Å². The van der Waals surface area contributed by atoms with Crippen LogP contribution in [0.1, 0.15) is 95.8 Å². The molecule has 2 aromatic carbocycles. The molecule has 0 aromatic heterocycles. The maximum absolute atomic E-state index is 14.4. The molecule has 0 radical (unpaired) electrons. The number of unbranched alkanes of at least 4 members (excludes halogenated alkanes) is 4. The molecule has 2 aliphatic heterocycles. The van der Waals surface area contributed by atoms with Crippen LogP contribution in [0.4, 0.5) is 11.4 Å². The highest BCUT2D eigenvalue weighted by Gasteiger charge is 2.48. The summed E-state index contributed by atoms with van der Waals surface area (Å²) in [4.78, 5) is 42.1. The molecule has 13 heteroatoms. The first-order chi connectivity index (χ1) is 25.8. The van der Waals surface area contributed by atoms with E-state index < -0.39 is 32.9 Å². The number of ketones is 1. The van der Waals surface area contributed by atoms with E-state index in [4.69, 9.17) is 22.2 Å². The maximum Gasteiger partial charge on any atom is 0.303 e. The molecule has 1 aliphatic carbocycles. The van der Waals surface area contributed by atoms with E-state index in [1.165, 1.54) is 12.1 Å². The van der Waals surface area contributed by atoms with Gasteiger partial charge in [-0.3, -0.25) is 24.3 Å². The molecule has 3 aliphatic rings. The van der Waals surface area contributed by atoms with Crippen molar-refractivity contribution in [3.05, 3.63) is 105 Å². The molecule has 55 heavy (non-hydrogen) atoms. The summed E-state index contributed by atoms with van der Waals surface area (Å²) in [5.41, 5.74) is 5.11. The van der Waals surface area contributed by atoms with Gasteiger partial charge in [0.2, 0.25) is 5.69 Å². The van der Waals surface area contributed by atoms with E-state index in [1.54, 1.807) is 12.1 Å². The van der Waals surface area contributed by atoms with Crippen molar-refractivity contribution in [3.63, 3.8) is 0 Å². The zero-order valence-electron chi connectivity index (χ0n) is 31.8. The van der Waals surface area contributed by atoms with Crippen molar-refractivity contribution in [2.75, 3.05) is 18.0 Å². The first-order valence-electron chi connectivity index (χ1n) is 18.3. The van der Waals surface area contributed by atoms with Gasteiger partial charge in [-0.25, -0.2) is 4.85 Å². The number of carbonyl (C=O) groups is 3. The van der Waals surface area contributed by atoms with E-state index in [0.29, 0.717) is 68.6 Å². The Hall–Kier alpha value is -5.41. The standard InChI is InChI=1S/C42H46N4O8S/c1-26-15-17-33-30(21-26)41(2,3)35(45(33)19-11-7-9-13-37(47)48)23-28-39(32(25-43)44-6)29(40(28)51)24-36-42(4,5)31-22-27(55(52,53)54)16-18-34(31)46(36)20-12-8-10-14-38(49)50/h15-18,21-24,43H,7-14,19-20H2,1-5H3,(H2-,47,48,49,50,52,53,54)/p+1. The summed E-state index contributed by atoms with van der Waals surface area (Å²) in [5.74, 6) is 0.181. The number of nitrogens with zero attached hydrogens (tertiary/aromatic N) is 3. The fourth-order valence-electron chi connectivity index (χ4n) is 7.86. The molecule has 12 nitrogen and oxygen atoms in total. The van der Waals surface area contributed by atoms with Crippen molar-refractivity contribution >= 4 is 50.8 Å². The Morgan fingerprint density at radius 2 is 1.58 bits per heavy atom. The Kier molecular flexibility index (Phi) is 11.7. The summed E-state index contributed by atoms with van der Waals surface area (Å²) in [6, 6.07) is 10.5. The van der Waals surface area contributed by atoms with Gasteiger partial charge in [0.1, 0.15) is 6.54 Å². The van der Waals surface area contributed by atoms with Crippen LogP contribution in [0, 0.1) is 18.9 Å². The molecule has 0 fully saturated rings. The van der Waals surface area contributed by atoms with E-state index in [-0.39, 0.29) is 45.9 Å². The second-order valence-electron chi connectivity index (χ2n) is 15.3. The predicted octanol–water partition coefficient (Wildman–Crippen LogP) is 7.45. The predicted molar refractivity (Wildman–Crippen MR) is 209 cm³/mol. The van der Waals surface area contributed by atoms with Crippen molar-refractivity contribution in [3.8, 4) is 0 Å². The van der Waals surface area contributed by atoms with Crippen LogP contribution in [0.25, 0.3) is 4.85 Å². The number of fused-ring (bicyclic) bond motifs is 2. The molecule has 0 amide bonds. The van der Waals surface area contributed by atoms with Crippen LogP contribution < -0.4 is 4.90 Å². The lowest BCUT2D eigenvalue weighted by Gasteiger charge is -2.30. The average Bonchev–Trinajstić information content (AvgIpc) is 3.45. The summed E-state index contributed by atoms with van der Waals surface area (Å²) in [7, 11) is -4.52. The van der Waals surface area contributed by atoms with Crippen LogP contribution in [0.3, 0.4) is 0 Å². The molecular weight excluding hydrogens is 721 g/mol. The van der Waals surface area contributed by atoms with Crippen LogP contribution in [0.2, 0.25) is 0 Å². The number of nitrogens with one attached hydrogen (secondary N) is 1. The number of aryl methyl sites for hydroxylation is 1. The molecule has 0 bridgehead atoms. The number of allylic oxidation sites excluding steroid dienone is 5. The fraction of sp³-hybridized carbons (Fsp3) is 0.405. The van der Waals surface area contributed by atoms with Gasteiger partial charge in [0.05, 0.1) is 16.9 Å². The number of Topliss-reactive ketones (excluding diaryl/α,β-unsaturated/α-hetero) is 1. The van der Waals surface area contributed by atoms with Crippen molar-refractivity contribution in [1.82, 2.24) is 0 Å². The lowest BCUT2D eigenvalue weighted by atomic mass is 9.74. The third-order valence-corrected chi connectivity index (χ3v) is 11.7. The molecule has 5 rings (SSSR count). The summed E-state index contributed by atoms with van der Waals surface area (Å²) >= 11 is 0. The maximum atomic E-state index is 14.4. The van der Waals surface area contributed by atoms with Crippen LogP contribution in [0.15, 0.2) is 81.6 Å². The van der Waals surface area contributed by atoms with Gasteiger partial charge < -0.3 is 15.1 Å². The number of benzene rings is 2. The number of rotatable bonds is 16. The Morgan fingerprint density at radius 1 is 0.927 bits per heavy atom. The SMILES string of the molecule is [C-]#[N+]C(=C=N)C1=C(C=C2N(CCCCCC(=O)O)c3ccc(C)cc3C2(C)C)C(=O)C1=CC1=[N+](CCCCCC(=O)O)c2ccc(S(=O)(=O)O)cc2C1(C)C. The number of aliphatic carboxylic acids is 2. The lowest BCUT2D eigenvalue weighted by molar-refractivity contribution is -0.438. The van der Waals surface area contributed by atoms with Crippen LogP contribution >= 0.6 is 0 Å². The van der Waals surface area contributed by atoms with Gasteiger partial charge in [-0.1, -0.05) is 38.0 Å². The molecule has 0 atom stereocenters. The van der Waals surface area contributed by atoms with Crippen LogP contribution in [0.5, 0.6) is 0 Å². The molecule has 0 unspecified atom stereocenters. The quantitative estimate of drug-likeness (QED) is 0.0337. The number of carbonyl (C=O) groups excluding carboxylic acids is 1. The Bertz CT molecular complexity index is 2320. The summed E-state index contributed by atoms with van der Waals surface area (Å²) in [6.07, 6.45) is 7.26. The number of hydrogen-bond acceptors (Lipinski definition) is 7. The minimum atomic E-state index is -4.52. The molecule has 2 aromatic rings. The fourth-order valence-corrected chi connectivity index (χ4v) is 8.36. The molecule has 4 N–H and O–H groups in total. The van der Waals surface area contributed by atoms with Crippen molar-refractivity contribution in [1.29, 1.82) is 5.41 Å².